The zero-order valence-corrected chi connectivity index (χ0v) is 7.39. The van der Waals surface area contributed by atoms with E-state index in [0.717, 1.165) is 11.5 Å². The first-order valence-corrected chi connectivity index (χ1v) is 3.07. The lowest BCUT2D eigenvalue weighted by Crippen LogP contribution is -2.30. The van der Waals surface area contributed by atoms with Crippen LogP contribution in [0.25, 0.3) is 0 Å². The van der Waals surface area contributed by atoms with E-state index in [-0.39, 0.29) is 12.4 Å². The van der Waals surface area contributed by atoms with Crippen LogP contribution in [-0.2, 0) is 0 Å². The van der Waals surface area contributed by atoms with E-state index in [1.807, 2.05) is 18.9 Å². The predicted octanol–water partition coefficient (Wildman–Crippen LogP) is 0.646. The van der Waals surface area contributed by atoms with Gasteiger partial charge in [0.25, 0.3) is 0 Å². The van der Waals surface area contributed by atoms with Gasteiger partial charge in [-0.2, -0.15) is 0 Å². The third-order valence-electron chi connectivity index (χ3n) is 1.07. The monoisotopic (exact) mass is 168 g/mol. The highest BCUT2D eigenvalue weighted by molar-refractivity contribution is 7.80. The maximum absolute atomic E-state index is 5.27. The molecule has 0 rings (SSSR count). The fourth-order valence-corrected chi connectivity index (χ4v) is 0.461. The molecule has 0 fully saturated rings. The molecule has 0 spiro atoms. The molecule has 0 radical (unpaired) electrons. The Hall–Kier alpha value is 0.140. The van der Waals surface area contributed by atoms with E-state index >= 15 is 0 Å². The van der Waals surface area contributed by atoms with Crippen molar-refractivity contribution in [2.24, 2.45) is 5.73 Å². The Morgan fingerprint density at radius 1 is 1.67 bits per heavy atom. The Bertz CT molecular complexity index is 87.0. The molecule has 0 aromatic carbocycles. The Morgan fingerprint density at radius 2 is 2.11 bits per heavy atom. The second-order valence-corrected chi connectivity index (χ2v) is 2.08. The maximum atomic E-state index is 5.27. The second-order valence-electron chi connectivity index (χ2n) is 1.61. The summed E-state index contributed by atoms with van der Waals surface area (Å²) in [5.74, 6) is 0. The van der Waals surface area contributed by atoms with E-state index in [2.05, 4.69) is 0 Å². The summed E-state index contributed by atoms with van der Waals surface area (Å²) < 4.78 is 0. The molecule has 0 aromatic heterocycles. The van der Waals surface area contributed by atoms with Crippen LogP contribution >= 0.6 is 24.6 Å². The average Bonchev–Trinajstić information content (AvgIpc) is 1.84. The molecule has 0 aliphatic heterocycles. The predicted molar refractivity (Wildman–Crippen MR) is 47.2 cm³/mol. The second kappa shape index (κ2) is 6.26. The lowest BCUT2D eigenvalue weighted by Gasteiger charge is -2.15. The third kappa shape index (κ3) is 4.63. The van der Waals surface area contributed by atoms with Crippen molar-refractivity contribution in [2.45, 2.75) is 6.92 Å². The Kier molecular flexibility index (Phi) is 8.27. The van der Waals surface area contributed by atoms with Crippen molar-refractivity contribution < 1.29 is 0 Å². The molecule has 0 heterocycles. The highest BCUT2D eigenvalue weighted by atomic mass is 35.5. The molecule has 0 aliphatic carbocycles. The molecule has 4 heteroatoms. The zero-order chi connectivity index (χ0) is 6.57. The van der Waals surface area contributed by atoms with Crippen LogP contribution in [0.1, 0.15) is 6.92 Å². The van der Waals surface area contributed by atoms with Crippen molar-refractivity contribution in [3.8, 4) is 0 Å². The van der Waals surface area contributed by atoms with Crippen LogP contribution in [0.3, 0.4) is 0 Å². The maximum Gasteiger partial charge on any atom is 0.0914 e. The van der Waals surface area contributed by atoms with Gasteiger partial charge >= 0.3 is 0 Å². The molecule has 0 aromatic rings. The van der Waals surface area contributed by atoms with E-state index < -0.39 is 0 Å². The van der Waals surface area contributed by atoms with Gasteiger partial charge < -0.3 is 10.6 Å². The number of nitrogens with zero attached hydrogens (tertiary/aromatic N) is 1. The number of nitrogens with two attached hydrogens (primary N) is 1. The van der Waals surface area contributed by atoms with E-state index in [0.29, 0.717) is 6.54 Å². The van der Waals surface area contributed by atoms with Crippen molar-refractivity contribution in [1.82, 2.24) is 4.90 Å². The normalized spacial score (nSPS) is 7.89. The molecule has 2 N–H and O–H groups in total. The van der Waals surface area contributed by atoms with Crippen LogP contribution in [0.5, 0.6) is 0 Å². The number of thiocarbonyl (C=S) groups is 1. The van der Waals surface area contributed by atoms with Gasteiger partial charge in [0, 0.05) is 20.1 Å². The Labute approximate surface area is 67.8 Å². The summed E-state index contributed by atoms with van der Waals surface area (Å²) >= 11 is 4.88. The highest BCUT2D eigenvalue weighted by Crippen LogP contribution is 1.82. The molecule has 2 nitrogen and oxygen atoms in total. The zero-order valence-electron chi connectivity index (χ0n) is 5.76. The van der Waals surface area contributed by atoms with Crippen LogP contribution < -0.4 is 5.73 Å². The minimum Gasteiger partial charge on any atom is -0.368 e. The smallest absolute Gasteiger partial charge is 0.0914 e. The highest BCUT2D eigenvalue weighted by Gasteiger charge is 1.95. The first-order valence-electron chi connectivity index (χ1n) is 2.66. The summed E-state index contributed by atoms with van der Waals surface area (Å²) in [5, 5.41) is 0. The average molecular weight is 169 g/mol. The summed E-state index contributed by atoms with van der Waals surface area (Å²) in [6.45, 7) is 3.47. The minimum absolute atomic E-state index is 0. The number of halogens is 1. The molecule has 0 saturated heterocycles. The quantitative estimate of drug-likeness (QED) is 0.614. The molecule has 0 amide bonds. The van der Waals surface area contributed by atoms with E-state index in [4.69, 9.17) is 18.0 Å². The summed E-state index contributed by atoms with van der Waals surface area (Å²) in [5.41, 5.74) is 5.27. The van der Waals surface area contributed by atoms with Gasteiger partial charge in [-0.05, 0) is 6.92 Å². The largest absolute Gasteiger partial charge is 0.368 e. The van der Waals surface area contributed by atoms with Gasteiger partial charge in [-0.1, -0.05) is 12.2 Å². The molecule has 0 saturated carbocycles. The number of hydrogen-bond acceptors (Lipinski definition) is 2. The van der Waals surface area contributed by atoms with Crippen molar-refractivity contribution >= 4 is 29.6 Å². The molecular weight excluding hydrogens is 156 g/mol. The van der Waals surface area contributed by atoms with Crippen LogP contribution in [0.2, 0.25) is 0 Å². The van der Waals surface area contributed by atoms with Crippen LogP contribution in [0.15, 0.2) is 0 Å². The van der Waals surface area contributed by atoms with Gasteiger partial charge in [0.05, 0.1) is 4.99 Å². The van der Waals surface area contributed by atoms with Crippen molar-refractivity contribution in [1.29, 1.82) is 0 Å². The molecule has 0 bridgehead atoms. The van der Waals surface area contributed by atoms with Gasteiger partial charge in [-0.3, -0.25) is 0 Å². The standard InChI is InChI=1S/C5H12N2S.ClH/c1-3-7(2)5(8)4-6;/h3-4,6H2,1-2H3;1H. The van der Waals surface area contributed by atoms with Gasteiger partial charge in [0.2, 0.25) is 0 Å². The summed E-state index contributed by atoms with van der Waals surface area (Å²) in [4.78, 5) is 2.78. The van der Waals surface area contributed by atoms with Crippen LogP contribution in [0, 0.1) is 0 Å². The lowest BCUT2D eigenvalue weighted by molar-refractivity contribution is 0.538. The topological polar surface area (TPSA) is 29.3 Å². The molecule has 9 heavy (non-hydrogen) atoms. The fourth-order valence-electron chi connectivity index (χ4n) is 0.332. The van der Waals surface area contributed by atoms with Crippen LogP contribution in [0.4, 0.5) is 0 Å². The molecule has 0 aliphatic rings. The molecule has 0 atom stereocenters. The Balaban J connectivity index is 0. The summed E-state index contributed by atoms with van der Waals surface area (Å²) in [6.07, 6.45) is 0. The minimum atomic E-state index is 0. The number of hydrogen-bond donors (Lipinski definition) is 1. The van der Waals surface area contributed by atoms with E-state index in [1.54, 1.807) is 0 Å². The van der Waals surface area contributed by atoms with Gasteiger partial charge in [-0.15, -0.1) is 12.4 Å². The lowest BCUT2D eigenvalue weighted by atomic mass is 10.5. The number of likely N-dealkylation sites (N-methyl/N-ethyl adjacent to an activating group) is 1. The van der Waals surface area contributed by atoms with E-state index in [9.17, 15) is 0 Å². The van der Waals surface area contributed by atoms with Crippen molar-refractivity contribution in [3.05, 3.63) is 0 Å². The number of rotatable bonds is 2. The van der Waals surface area contributed by atoms with Crippen molar-refractivity contribution in [2.75, 3.05) is 20.1 Å². The van der Waals surface area contributed by atoms with E-state index in [1.165, 1.54) is 0 Å². The Morgan fingerprint density at radius 3 is 2.22 bits per heavy atom. The van der Waals surface area contributed by atoms with Gasteiger partial charge in [0.1, 0.15) is 0 Å². The SMILES string of the molecule is CCN(C)C(=S)CN.Cl. The van der Waals surface area contributed by atoms with Crippen molar-refractivity contribution in [3.63, 3.8) is 0 Å². The third-order valence-corrected chi connectivity index (χ3v) is 1.55. The van der Waals surface area contributed by atoms with Gasteiger partial charge in [-0.25, -0.2) is 0 Å². The molecule has 56 valence electrons. The summed E-state index contributed by atoms with van der Waals surface area (Å²) in [6, 6.07) is 0. The van der Waals surface area contributed by atoms with Crippen LogP contribution in [-0.4, -0.2) is 30.0 Å². The fraction of sp³-hybridized carbons (Fsp3) is 0.800. The summed E-state index contributed by atoms with van der Waals surface area (Å²) in [7, 11) is 1.94. The molecular formula is C5H13ClN2S. The molecule has 0 unspecified atom stereocenters. The first-order chi connectivity index (χ1) is 3.72. The van der Waals surface area contributed by atoms with Gasteiger partial charge in [0.15, 0.2) is 0 Å². The first kappa shape index (κ1) is 11.9.